The van der Waals surface area contributed by atoms with Crippen molar-refractivity contribution in [1.29, 1.82) is 0 Å². The molecule has 0 aliphatic rings. The lowest BCUT2D eigenvalue weighted by Crippen LogP contribution is -2.15. The first kappa shape index (κ1) is 25.3. The predicted molar refractivity (Wildman–Crippen MR) is 132 cm³/mol. The third kappa shape index (κ3) is 7.01. The molecule has 0 amide bonds. The van der Waals surface area contributed by atoms with Crippen molar-refractivity contribution in [3.05, 3.63) is 71.8 Å². The molecule has 0 aliphatic heterocycles. The van der Waals surface area contributed by atoms with Gasteiger partial charge >= 0.3 is 0 Å². The quantitative estimate of drug-likeness (QED) is 0.204. The van der Waals surface area contributed by atoms with Crippen LogP contribution in [0.1, 0.15) is 68.9 Å². The molecule has 2 aromatic carbocycles. The maximum atomic E-state index is 12.9. The number of hydrogen-bond donors (Lipinski definition) is 0. The van der Waals surface area contributed by atoms with Crippen molar-refractivity contribution in [1.82, 2.24) is 0 Å². The fourth-order valence-corrected chi connectivity index (χ4v) is 3.15. The number of ketones is 1. The molecule has 0 spiro atoms. The molecule has 2 aromatic rings. The molecule has 4 heteroatoms. The molecular formula is C28H36O4. The Kier molecular flexibility index (Phi) is 9.58. The maximum Gasteiger partial charge on any atom is 0.185 e. The Morgan fingerprint density at radius 3 is 2.19 bits per heavy atom. The first-order chi connectivity index (χ1) is 15.3. The molecule has 0 fully saturated rings. The number of carbonyl (C=O) groups is 1. The van der Waals surface area contributed by atoms with Gasteiger partial charge in [0.15, 0.2) is 5.78 Å². The molecule has 0 aromatic heterocycles. The smallest absolute Gasteiger partial charge is 0.185 e. The second-order valence-corrected chi connectivity index (χ2v) is 8.62. The summed E-state index contributed by atoms with van der Waals surface area (Å²) in [5.41, 5.74) is 2.37. The SMILES string of the molecule is C=CCOc1ccc(C(=O)/C=C/c2c(OCCC)ccc(C(C)(C)C)c2OCCC)cc1. The fourth-order valence-electron chi connectivity index (χ4n) is 3.15. The van der Waals surface area contributed by atoms with Gasteiger partial charge in [0, 0.05) is 11.1 Å². The van der Waals surface area contributed by atoms with Gasteiger partial charge in [0.1, 0.15) is 23.9 Å². The van der Waals surface area contributed by atoms with Crippen LogP contribution < -0.4 is 14.2 Å². The molecule has 172 valence electrons. The number of hydrogen-bond acceptors (Lipinski definition) is 4. The molecule has 2 rings (SSSR count). The van der Waals surface area contributed by atoms with Gasteiger partial charge in [0.2, 0.25) is 0 Å². The van der Waals surface area contributed by atoms with Gasteiger partial charge in [-0.25, -0.2) is 0 Å². The van der Waals surface area contributed by atoms with Crippen LogP contribution in [0.15, 0.2) is 55.1 Å². The first-order valence-electron chi connectivity index (χ1n) is 11.3. The Bertz CT molecular complexity index is 918. The minimum absolute atomic E-state index is 0.0932. The molecule has 0 heterocycles. The van der Waals surface area contributed by atoms with Gasteiger partial charge in [0.05, 0.1) is 18.8 Å². The molecule has 0 bridgehead atoms. The number of ether oxygens (including phenoxy) is 3. The molecular weight excluding hydrogens is 400 g/mol. The standard InChI is InChI=1S/C28H36O4/c1-7-18-30-22-12-10-21(11-13-22)25(29)16-14-23-26(31-19-8-2)17-15-24(28(4,5)6)27(23)32-20-9-3/h7,10-17H,1,8-9,18-20H2,2-6H3/b16-14+. The molecule has 0 unspecified atom stereocenters. The van der Waals surface area contributed by atoms with Gasteiger partial charge in [-0.2, -0.15) is 0 Å². The Morgan fingerprint density at radius 1 is 0.938 bits per heavy atom. The average Bonchev–Trinajstić information content (AvgIpc) is 2.78. The third-order valence-corrected chi connectivity index (χ3v) is 4.78. The Labute approximate surface area is 192 Å². The van der Waals surface area contributed by atoms with Crippen LogP contribution in [-0.2, 0) is 5.41 Å². The van der Waals surface area contributed by atoms with E-state index in [4.69, 9.17) is 14.2 Å². The van der Waals surface area contributed by atoms with E-state index in [1.807, 2.05) is 12.1 Å². The summed E-state index contributed by atoms with van der Waals surface area (Å²) in [7, 11) is 0. The lowest BCUT2D eigenvalue weighted by molar-refractivity contribution is 0.104. The van der Waals surface area contributed by atoms with Crippen LogP contribution >= 0.6 is 0 Å². The van der Waals surface area contributed by atoms with E-state index < -0.39 is 0 Å². The normalized spacial score (nSPS) is 11.4. The number of allylic oxidation sites excluding steroid dienone is 1. The maximum absolute atomic E-state index is 12.9. The number of carbonyl (C=O) groups excluding carboxylic acids is 1. The highest BCUT2D eigenvalue weighted by Crippen LogP contribution is 2.40. The van der Waals surface area contributed by atoms with E-state index in [1.54, 1.807) is 36.4 Å². The molecule has 0 saturated carbocycles. The number of rotatable bonds is 12. The van der Waals surface area contributed by atoms with Crippen molar-refractivity contribution in [3.63, 3.8) is 0 Å². The molecule has 0 radical (unpaired) electrons. The van der Waals surface area contributed by atoms with Gasteiger partial charge in [-0.05, 0) is 60.7 Å². The zero-order chi connectivity index (χ0) is 23.6. The van der Waals surface area contributed by atoms with Crippen LogP contribution in [0.3, 0.4) is 0 Å². The van der Waals surface area contributed by atoms with Gasteiger partial charge in [-0.1, -0.05) is 53.3 Å². The monoisotopic (exact) mass is 436 g/mol. The molecule has 0 aliphatic carbocycles. The molecule has 0 N–H and O–H groups in total. The highest BCUT2D eigenvalue weighted by molar-refractivity contribution is 6.07. The highest BCUT2D eigenvalue weighted by atomic mass is 16.5. The van der Waals surface area contributed by atoms with E-state index in [9.17, 15) is 4.79 Å². The van der Waals surface area contributed by atoms with Crippen molar-refractivity contribution in [2.75, 3.05) is 19.8 Å². The molecule has 32 heavy (non-hydrogen) atoms. The third-order valence-electron chi connectivity index (χ3n) is 4.78. The van der Waals surface area contributed by atoms with E-state index in [1.165, 1.54) is 0 Å². The van der Waals surface area contributed by atoms with Gasteiger partial charge < -0.3 is 14.2 Å². The predicted octanol–water partition coefficient (Wildman–Crippen LogP) is 7.02. The van der Waals surface area contributed by atoms with E-state index >= 15 is 0 Å². The van der Waals surface area contributed by atoms with Crippen molar-refractivity contribution in [3.8, 4) is 17.2 Å². The summed E-state index contributed by atoms with van der Waals surface area (Å²) in [5.74, 6) is 2.12. The Hall–Kier alpha value is -3.01. The highest BCUT2D eigenvalue weighted by Gasteiger charge is 2.23. The summed E-state index contributed by atoms with van der Waals surface area (Å²) in [6, 6.07) is 11.1. The van der Waals surface area contributed by atoms with E-state index in [-0.39, 0.29) is 11.2 Å². The van der Waals surface area contributed by atoms with Crippen molar-refractivity contribution < 1.29 is 19.0 Å². The summed E-state index contributed by atoms with van der Waals surface area (Å²) in [6.45, 7) is 15.9. The lowest BCUT2D eigenvalue weighted by Gasteiger charge is -2.25. The van der Waals surface area contributed by atoms with Gasteiger partial charge in [-0.15, -0.1) is 0 Å². The summed E-state index contributed by atoms with van der Waals surface area (Å²) in [5, 5.41) is 0. The van der Waals surface area contributed by atoms with Gasteiger partial charge in [0.25, 0.3) is 0 Å². The van der Waals surface area contributed by atoms with Crippen LogP contribution in [0.2, 0.25) is 0 Å². The van der Waals surface area contributed by atoms with Crippen molar-refractivity contribution in [2.24, 2.45) is 0 Å². The zero-order valence-corrected chi connectivity index (χ0v) is 20.1. The minimum Gasteiger partial charge on any atom is -0.493 e. The Balaban J connectivity index is 2.42. The topological polar surface area (TPSA) is 44.8 Å². The summed E-state index contributed by atoms with van der Waals surface area (Å²) < 4.78 is 17.7. The van der Waals surface area contributed by atoms with Crippen LogP contribution in [-0.4, -0.2) is 25.6 Å². The second-order valence-electron chi connectivity index (χ2n) is 8.62. The molecule has 0 saturated heterocycles. The summed E-state index contributed by atoms with van der Waals surface area (Å²) in [4.78, 5) is 12.9. The lowest BCUT2D eigenvalue weighted by atomic mass is 9.84. The second kappa shape index (κ2) is 12.1. The summed E-state index contributed by atoms with van der Waals surface area (Å²) >= 11 is 0. The van der Waals surface area contributed by atoms with E-state index in [2.05, 4.69) is 47.3 Å². The van der Waals surface area contributed by atoms with E-state index in [0.717, 1.165) is 35.5 Å². The first-order valence-corrected chi connectivity index (χ1v) is 11.3. The van der Waals surface area contributed by atoms with Crippen molar-refractivity contribution in [2.45, 2.75) is 52.9 Å². The average molecular weight is 437 g/mol. The number of benzene rings is 2. The fraction of sp³-hybridized carbons (Fsp3) is 0.393. The van der Waals surface area contributed by atoms with Gasteiger partial charge in [-0.3, -0.25) is 4.79 Å². The zero-order valence-electron chi connectivity index (χ0n) is 20.1. The van der Waals surface area contributed by atoms with Crippen LogP contribution in [0.5, 0.6) is 17.2 Å². The van der Waals surface area contributed by atoms with Crippen LogP contribution in [0, 0.1) is 0 Å². The van der Waals surface area contributed by atoms with E-state index in [0.29, 0.717) is 31.1 Å². The molecule has 4 nitrogen and oxygen atoms in total. The van der Waals surface area contributed by atoms with Crippen LogP contribution in [0.4, 0.5) is 0 Å². The Morgan fingerprint density at radius 2 is 1.59 bits per heavy atom. The summed E-state index contributed by atoms with van der Waals surface area (Å²) in [6.07, 6.45) is 6.87. The van der Waals surface area contributed by atoms with Crippen LogP contribution in [0.25, 0.3) is 6.08 Å². The minimum atomic E-state index is -0.111. The largest absolute Gasteiger partial charge is 0.493 e. The van der Waals surface area contributed by atoms with Crippen molar-refractivity contribution >= 4 is 11.9 Å². The molecule has 0 atom stereocenters.